The van der Waals surface area contributed by atoms with Gasteiger partial charge in [0.1, 0.15) is 67.0 Å². The molecule has 0 radical (unpaired) electrons. The van der Waals surface area contributed by atoms with Gasteiger partial charge in [-0.05, 0) is 206 Å². The lowest BCUT2D eigenvalue weighted by Gasteiger charge is -2.33. The maximum Gasteiger partial charge on any atom is 0.394 e. The normalized spacial score (nSPS) is 16.6. The Labute approximate surface area is 798 Å². The lowest BCUT2D eigenvalue weighted by Crippen LogP contribution is -2.76. The van der Waals surface area contributed by atoms with Crippen molar-refractivity contribution in [1.29, 1.82) is 0 Å². The van der Waals surface area contributed by atoms with Crippen LogP contribution in [0.1, 0.15) is 33.4 Å². The molecule has 0 fully saturated rings. The molecule has 0 amide bonds. The Hall–Kier alpha value is -19.2. The Morgan fingerprint density at radius 3 is 0.943 bits per heavy atom. The van der Waals surface area contributed by atoms with E-state index in [9.17, 15) is 0 Å². The predicted molar refractivity (Wildman–Crippen MR) is 548 cm³/mol. The van der Waals surface area contributed by atoms with Crippen LogP contribution in [0.15, 0.2) is 439 Å². The fourth-order valence-corrected chi connectivity index (χ4v) is 28.4. The van der Waals surface area contributed by atoms with Gasteiger partial charge in [0, 0.05) is 130 Å². The smallest absolute Gasteiger partial charge is 0.323 e. The number of fused-ring (bicyclic) bond motifs is 34. The molecule has 3 unspecified atom stereocenters. The second kappa shape index (κ2) is 24.0. The van der Waals surface area contributed by atoms with Gasteiger partial charge in [-0.15, -0.1) is 14.0 Å². The lowest BCUT2D eigenvalue weighted by molar-refractivity contribution is -0.993. The van der Waals surface area contributed by atoms with E-state index in [4.69, 9.17) is 0 Å². The van der Waals surface area contributed by atoms with Crippen LogP contribution in [-0.2, 0) is 17.0 Å². The van der Waals surface area contributed by atoms with E-state index in [2.05, 4.69) is 521 Å². The van der Waals surface area contributed by atoms with Crippen molar-refractivity contribution in [3.8, 4) is 84.7 Å². The highest BCUT2D eigenvalue weighted by Crippen LogP contribution is 2.60. The third-order valence-corrected chi connectivity index (χ3v) is 33.4. The summed E-state index contributed by atoms with van der Waals surface area (Å²) in [5.74, 6) is 1.16. The summed E-state index contributed by atoms with van der Waals surface area (Å²) in [5.41, 5.74) is 41.5. The second-order valence-electron chi connectivity index (χ2n) is 39.6. The molecule has 39 rings (SSSR count). The van der Waals surface area contributed by atoms with Crippen molar-refractivity contribution in [3.05, 3.63) is 472 Å². The van der Waals surface area contributed by atoms with Crippen LogP contribution in [0.5, 0.6) is 0 Å². The summed E-state index contributed by atoms with van der Waals surface area (Å²) in [6, 6.07) is 127. The highest BCUT2D eigenvalue weighted by molar-refractivity contribution is 6.23. The first-order valence-corrected chi connectivity index (χ1v) is 48.6. The van der Waals surface area contributed by atoms with Crippen LogP contribution in [0.3, 0.4) is 0 Å². The Morgan fingerprint density at radius 2 is 0.504 bits per heavy atom. The molecule has 141 heavy (non-hydrogen) atoms. The molecule has 0 N–H and O–H groups in total. The van der Waals surface area contributed by atoms with Crippen molar-refractivity contribution in [2.24, 2.45) is 0 Å². The molecule has 0 saturated heterocycles. The maximum absolute atomic E-state index is 2.57. The Balaban J connectivity index is 0.0000000877. The first kappa shape index (κ1) is 71.4. The molecule has 648 valence electrons. The molecule has 3 atom stereocenters. The van der Waals surface area contributed by atoms with Crippen LogP contribution >= 0.6 is 0 Å². The van der Waals surface area contributed by atoms with Gasteiger partial charge in [0.25, 0.3) is 5.82 Å². The van der Waals surface area contributed by atoms with Gasteiger partial charge in [-0.2, -0.15) is 27.4 Å². The van der Waals surface area contributed by atoms with E-state index in [0.29, 0.717) is 0 Å². The average molecular weight is 1800 g/mol. The molecule has 12 aromatic carbocycles. The number of hydrogen-bond donors (Lipinski definition) is 0. The minimum atomic E-state index is -0.646. The molecule has 18 aromatic heterocycles. The van der Waals surface area contributed by atoms with E-state index in [-0.39, 0.29) is 0 Å². The van der Waals surface area contributed by atoms with Crippen LogP contribution in [0.4, 0.5) is 0 Å². The number of para-hydroxylation sites is 6. The van der Waals surface area contributed by atoms with Gasteiger partial charge in [-0.1, -0.05) is 148 Å². The quantitative estimate of drug-likeness (QED) is 0.158. The van der Waals surface area contributed by atoms with Crippen LogP contribution in [-0.4, -0.2) is 54.7 Å². The van der Waals surface area contributed by atoms with E-state index in [0.717, 1.165) is 5.82 Å². The standard InChI is InChI=1S/3C41H24N6/c1-3-13-32-28(11-1)30-21-31-29-12-2-4-14-33(29)47-36-17-6-8-19-43(36)41-37-34(15-9-16-35(37)46(32)39(30)38(41)40(31)47)44-23-26(24-45(41)44)25-20-27-10-5-7-18-42(27)22-25;1-3-13-32-28(10-1)30-17-18-34-38-39(30)46(32)35-15-7-16-36-37(35)41(38,43-20-8-12-31-29-11-2-4-14-33(29)47(36)40(31)43)45-24-26(23-44(34)45)25-21-27-9-5-6-19-42(27)22-25;1-3-13-32-28(10-1)30-17-18-36-38-39(30)46(32)35-16-7-15-34-37(35)41(38,43-20-8-12-31-29-11-2-4-14-33(29)47(36)40(31)43)45-24-26(23-44(34)45)25-21-27-9-5-6-19-42(27)22-25/h3*1-24H/q3*+2. The highest BCUT2D eigenvalue weighted by Gasteiger charge is 2.72. The van der Waals surface area contributed by atoms with Crippen LogP contribution in [0.25, 0.3) is 232 Å². The van der Waals surface area contributed by atoms with Gasteiger partial charge < -0.3 is 26.9 Å². The van der Waals surface area contributed by atoms with Crippen molar-refractivity contribution in [2.45, 2.75) is 17.0 Å². The van der Waals surface area contributed by atoms with E-state index in [1.807, 2.05) is 0 Å². The van der Waals surface area contributed by atoms with Crippen LogP contribution < -0.4 is 27.7 Å². The van der Waals surface area contributed by atoms with Crippen molar-refractivity contribution in [2.75, 3.05) is 0 Å². The largest absolute Gasteiger partial charge is 0.394 e. The monoisotopic (exact) mass is 1800 g/mol. The van der Waals surface area contributed by atoms with Crippen molar-refractivity contribution >= 4 is 148 Å². The van der Waals surface area contributed by atoms with E-state index in [1.165, 1.54) is 260 Å². The average Bonchev–Trinajstić information content (AvgIpc) is 1.47. The topological polar surface area (TPSA) is 80.9 Å². The number of aromatic nitrogens is 18. The molecule has 30 aromatic rings. The van der Waals surface area contributed by atoms with Crippen molar-refractivity contribution in [3.63, 3.8) is 0 Å². The summed E-state index contributed by atoms with van der Waals surface area (Å²) in [6.07, 6.45) is 34.1. The second-order valence-corrected chi connectivity index (χ2v) is 39.6. The first-order chi connectivity index (χ1) is 70.0. The minimum Gasteiger partial charge on any atom is -0.323 e. The van der Waals surface area contributed by atoms with Crippen LogP contribution in [0, 0.1) is 0 Å². The van der Waals surface area contributed by atoms with Gasteiger partial charge in [0.2, 0.25) is 18.6 Å². The summed E-state index contributed by atoms with van der Waals surface area (Å²) in [7, 11) is 0. The van der Waals surface area contributed by atoms with E-state index >= 15 is 0 Å². The number of rotatable bonds is 3. The molecule has 18 nitrogen and oxygen atoms in total. The third-order valence-electron chi connectivity index (χ3n) is 33.4. The molecule has 0 aliphatic carbocycles. The number of benzene rings is 12. The Bertz CT molecular complexity index is 11000. The molecule has 18 heteroatoms. The van der Waals surface area contributed by atoms with Crippen molar-refractivity contribution in [1.82, 2.24) is 54.7 Å². The lowest BCUT2D eigenvalue weighted by atomic mass is 9.82. The van der Waals surface area contributed by atoms with E-state index in [1.54, 1.807) is 0 Å². The first-order valence-electron chi connectivity index (χ1n) is 48.6. The zero-order chi connectivity index (χ0) is 90.5. The molecule has 0 saturated carbocycles. The zero-order valence-corrected chi connectivity index (χ0v) is 75.1. The third kappa shape index (κ3) is 7.82. The predicted octanol–water partition coefficient (Wildman–Crippen LogP) is 22.2. The summed E-state index contributed by atoms with van der Waals surface area (Å²) in [5, 5.41) is 15.4. The summed E-state index contributed by atoms with van der Waals surface area (Å²) in [4.78, 5) is 0. The molecule has 9 aliphatic heterocycles. The molecule has 0 bridgehead atoms. The summed E-state index contributed by atoms with van der Waals surface area (Å²) < 4.78 is 44.2. The Kier molecular flexibility index (Phi) is 12.1. The fraction of sp³-hybridized carbons (Fsp3) is 0.0244. The van der Waals surface area contributed by atoms with Gasteiger partial charge in [0.05, 0.1) is 115 Å². The fourth-order valence-electron chi connectivity index (χ4n) is 28.4. The molecular formula is C123H72N18+6. The van der Waals surface area contributed by atoms with Gasteiger partial charge in [0.15, 0.2) is 16.9 Å². The van der Waals surface area contributed by atoms with Gasteiger partial charge in [-0.25, -0.2) is 0 Å². The van der Waals surface area contributed by atoms with Crippen LogP contribution in [0.2, 0.25) is 0 Å². The highest BCUT2D eigenvalue weighted by atomic mass is 15.6. The molecule has 27 heterocycles. The maximum atomic E-state index is 2.57. The number of hydrogen-bond acceptors (Lipinski definition) is 0. The van der Waals surface area contributed by atoms with Crippen molar-refractivity contribution < 1.29 is 27.7 Å². The minimum absolute atomic E-state index is 0.646. The van der Waals surface area contributed by atoms with Gasteiger partial charge >= 0.3 is 28.3 Å². The Morgan fingerprint density at radius 1 is 0.191 bits per heavy atom. The number of nitrogens with zero attached hydrogens (tertiary/aromatic N) is 18. The molecular weight excluding hydrogens is 1730 g/mol. The molecule has 9 aliphatic rings. The summed E-state index contributed by atoms with van der Waals surface area (Å²) >= 11 is 0. The summed E-state index contributed by atoms with van der Waals surface area (Å²) in [6.45, 7) is 0. The zero-order valence-electron chi connectivity index (χ0n) is 75.1. The van der Waals surface area contributed by atoms with E-state index < -0.39 is 17.0 Å². The SMILES string of the molecule is c1cc2c3c(c1)-n1c4ccccc4c4ccc[n+](c41)C31c3c(ccc4c5ccccc5n-2c34)-n2cc(-c3cc4ccccn4c3)c[n+]21.c1cc2c3c(c1)-n1cc(-c4cc5ccccn5c4)c[n+]1C31c3c(ccc4c5ccccc5n-2c34)-n2c3ccccc3c3ccc[n+]1c32.c1cc2c3c(c1)-n1cc(-c4cc5ccccn5c4)c[n+]1C31c3c4c(cc5c6ccccc6n(c35)-c3cccc[n+]31)c1ccccc1n4-2. The number of pyridine rings is 6. The molecule has 3 spiro atoms. The van der Waals surface area contributed by atoms with Gasteiger partial charge in [-0.3, -0.25) is 0 Å².